The second-order valence-electron chi connectivity index (χ2n) is 3.07. The molecule has 0 bridgehead atoms. The van der Waals surface area contributed by atoms with Crippen molar-refractivity contribution in [3.05, 3.63) is 41.0 Å². The zero-order chi connectivity index (χ0) is 10.4. The lowest BCUT2D eigenvalue weighted by atomic mass is 10.1. The minimum atomic E-state index is 0.752. The van der Waals surface area contributed by atoms with Crippen LogP contribution in [0.25, 0.3) is 6.08 Å². The van der Waals surface area contributed by atoms with E-state index in [1.165, 1.54) is 0 Å². The second kappa shape index (κ2) is 5.62. The van der Waals surface area contributed by atoms with Gasteiger partial charge in [-0.2, -0.15) is 5.26 Å². The number of nitriles is 1. The first kappa shape index (κ1) is 11.0. The number of aryl methyl sites for hydroxylation is 1. The Balaban J connectivity index is 2.82. The highest BCUT2D eigenvalue weighted by molar-refractivity contribution is 9.09. The summed E-state index contributed by atoms with van der Waals surface area (Å²) in [6.45, 7) is 1.96. The summed E-state index contributed by atoms with van der Waals surface area (Å²) in [7, 11) is 0. The van der Waals surface area contributed by atoms with Crippen LogP contribution in [0.1, 0.15) is 23.1 Å². The SMILES string of the molecule is Cc1cc(C=CCCBr)ccc1C#N. The Morgan fingerprint density at radius 2 is 2.29 bits per heavy atom. The van der Waals surface area contributed by atoms with Gasteiger partial charge in [0.1, 0.15) is 0 Å². The first-order valence-electron chi connectivity index (χ1n) is 4.51. The lowest BCUT2D eigenvalue weighted by Crippen LogP contribution is -1.82. The van der Waals surface area contributed by atoms with Crippen molar-refractivity contribution in [3.8, 4) is 6.07 Å². The Labute approximate surface area is 93.2 Å². The number of nitrogens with zero attached hydrogens (tertiary/aromatic N) is 1. The van der Waals surface area contributed by atoms with Gasteiger partial charge in [-0.05, 0) is 30.5 Å². The Bertz CT molecular complexity index is 374. The second-order valence-corrected chi connectivity index (χ2v) is 3.86. The maximum Gasteiger partial charge on any atom is 0.0994 e. The van der Waals surface area contributed by atoms with Crippen molar-refractivity contribution >= 4 is 22.0 Å². The Morgan fingerprint density at radius 1 is 1.50 bits per heavy atom. The summed E-state index contributed by atoms with van der Waals surface area (Å²) in [5.41, 5.74) is 2.94. The van der Waals surface area contributed by atoms with Crippen LogP contribution in [0.2, 0.25) is 0 Å². The van der Waals surface area contributed by atoms with Crippen molar-refractivity contribution in [1.29, 1.82) is 5.26 Å². The van der Waals surface area contributed by atoms with Crippen molar-refractivity contribution in [2.24, 2.45) is 0 Å². The quantitative estimate of drug-likeness (QED) is 0.751. The molecule has 72 valence electrons. The van der Waals surface area contributed by atoms with Gasteiger partial charge in [-0.25, -0.2) is 0 Å². The van der Waals surface area contributed by atoms with Gasteiger partial charge in [0.15, 0.2) is 0 Å². The van der Waals surface area contributed by atoms with Crippen molar-refractivity contribution in [2.45, 2.75) is 13.3 Å². The fraction of sp³-hybridized carbons (Fsp3) is 0.250. The number of halogens is 1. The normalized spacial score (nSPS) is 10.4. The minimum absolute atomic E-state index is 0.752. The summed E-state index contributed by atoms with van der Waals surface area (Å²) < 4.78 is 0. The van der Waals surface area contributed by atoms with Crippen LogP contribution in [0.5, 0.6) is 0 Å². The molecule has 0 aliphatic heterocycles. The summed E-state index contributed by atoms with van der Waals surface area (Å²) in [6.07, 6.45) is 5.23. The van der Waals surface area contributed by atoms with Crippen LogP contribution < -0.4 is 0 Å². The maximum absolute atomic E-state index is 8.75. The predicted molar refractivity (Wildman–Crippen MR) is 63.3 cm³/mol. The molecule has 0 aromatic heterocycles. The van der Waals surface area contributed by atoms with Crippen LogP contribution in [0.15, 0.2) is 24.3 Å². The molecular formula is C12H12BrN. The van der Waals surface area contributed by atoms with E-state index < -0.39 is 0 Å². The number of allylic oxidation sites excluding steroid dienone is 1. The van der Waals surface area contributed by atoms with Crippen LogP contribution in [-0.4, -0.2) is 5.33 Å². The molecule has 0 saturated carbocycles. The van der Waals surface area contributed by atoms with Crippen molar-refractivity contribution in [3.63, 3.8) is 0 Å². The molecule has 0 amide bonds. The molecule has 0 heterocycles. The Hall–Kier alpha value is -1.07. The molecule has 14 heavy (non-hydrogen) atoms. The van der Waals surface area contributed by atoms with Crippen molar-refractivity contribution < 1.29 is 0 Å². The van der Waals surface area contributed by atoms with Crippen LogP contribution in [0.3, 0.4) is 0 Å². The molecule has 0 aliphatic rings. The van der Waals surface area contributed by atoms with Crippen molar-refractivity contribution in [2.75, 3.05) is 5.33 Å². The monoisotopic (exact) mass is 249 g/mol. The first-order chi connectivity index (χ1) is 6.77. The van der Waals surface area contributed by atoms with E-state index in [9.17, 15) is 0 Å². The van der Waals surface area contributed by atoms with Gasteiger partial charge in [0.2, 0.25) is 0 Å². The fourth-order valence-electron chi connectivity index (χ4n) is 1.20. The Kier molecular flexibility index (Phi) is 4.42. The largest absolute Gasteiger partial charge is 0.192 e. The molecule has 2 heteroatoms. The molecule has 0 fully saturated rings. The lowest BCUT2D eigenvalue weighted by molar-refractivity contribution is 1.27. The fourth-order valence-corrected chi connectivity index (χ4v) is 1.46. The van der Waals surface area contributed by atoms with E-state index in [1.54, 1.807) is 0 Å². The van der Waals surface area contributed by atoms with E-state index in [0.717, 1.165) is 28.4 Å². The van der Waals surface area contributed by atoms with Gasteiger partial charge in [0, 0.05) is 5.33 Å². The molecule has 0 saturated heterocycles. The van der Waals surface area contributed by atoms with Gasteiger partial charge in [-0.1, -0.05) is 40.2 Å². The third-order valence-corrected chi connectivity index (χ3v) is 2.41. The molecule has 1 aromatic rings. The van der Waals surface area contributed by atoms with E-state index in [0.29, 0.717) is 0 Å². The van der Waals surface area contributed by atoms with Crippen LogP contribution >= 0.6 is 15.9 Å². The van der Waals surface area contributed by atoms with Crippen molar-refractivity contribution in [1.82, 2.24) is 0 Å². The van der Waals surface area contributed by atoms with E-state index >= 15 is 0 Å². The van der Waals surface area contributed by atoms with E-state index in [1.807, 2.05) is 25.1 Å². The number of benzene rings is 1. The number of rotatable bonds is 3. The van der Waals surface area contributed by atoms with Gasteiger partial charge in [0.25, 0.3) is 0 Å². The van der Waals surface area contributed by atoms with Gasteiger partial charge in [-0.15, -0.1) is 0 Å². The van der Waals surface area contributed by atoms with Crippen LogP contribution in [0.4, 0.5) is 0 Å². The molecular weight excluding hydrogens is 238 g/mol. The van der Waals surface area contributed by atoms with Gasteiger partial charge >= 0.3 is 0 Å². The molecule has 0 unspecified atom stereocenters. The summed E-state index contributed by atoms with van der Waals surface area (Å²) in [4.78, 5) is 0. The van der Waals surface area contributed by atoms with E-state index in [-0.39, 0.29) is 0 Å². The maximum atomic E-state index is 8.75. The predicted octanol–water partition coefficient (Wildman–Crippen LogP) is 3.66. The molecule has 0 spiro atoms. The average Bonchev–Trinajstić information content (AvgIpc) is 2.18. The molecule has 1 aromatic carbocycles. The zero-order valence-corrected chi connectivity index (χ0v) is 9.71. The Morgan fingerprint density at radius 3 is 2.86 bits per heavy atom. The first-order valence-corrected chi connectivity index (χ1v) is 5.63. The summed E-state index contributed by atoms with van der Waals surface area (Å²) in [5.74, 6) is 0. The smallest absolute Gasteiger partial charge is 0.0994 e. The van der Waals surface area contributed by atoms with Gasteiger partial charge in [-0.3, -0.25) is 0 Å². The molecule has 1 nitrogen and oxygen atoms in total. The van der Waals surface area contributed by atoms with Crippen LogP contribution in [0, 0.1) is 18.3 Å². The van der Waals surface area contributed by atoms with E-state index in [2.05, 4.69) is 34.2 Å². The third kappa shape index (κ3) is 3.01. The minimum Gasteiger partial charge on any atom is -0.192 e. The molecule has 0 radical (unpaired) electrons. The number of hydrogen-bond acceptors (Lipinski definition) is 1. The highest BCUT2D eigenvalue weighted by Crippen LogP contribution is 2.11. The van der Waals surface area contributed by atoms with Gasteiger partial charge in [0.05, 0.1) is 11.6 Å². The summed E-state index contributed by atoms with van der Waals surface area (Å²) in [6, 6.07) is 8.02. The highest BCUT2D eigenvalue weighted by atomic mass is 79.9. The number of hydrogen-bond donors (Lipinski definition) is 0. The highest BCUT2D eigenvalue weighted by Gasteiger charge is 1.95. The third-order valence-electron chi connectivity index (χ3n) is 1.96. The number of alkyl halides is 1. The molecule has 0 aliphatic carbocycles. The standard InChI is InChI=1S/C12H12BrN/c1-10-8-11(4-2-3-7-13)5-6-12(10)9-14/h2,4-6,8H,3,7H2,1H3. The molecule has 0 N–H and O–H groups in total. The summed E-state index contributed by atoms with van der Waals surface area (Å²) >= 11 is 3.37. The molecule has 1 rings (SSSR count). The van der Waals surface area contributed by atoms with E-state index in [4.69, 9.17) is 5.26 Å². The zero-order valence-electron chi connectivity index (χ0n) is 8.13. The average molecular weight is 250 g/mol. The lowest BCUT2D eigenvalue weighted by Gasteiger charge is -1.98. The molecule has 0 atom stereocenters. The summed E-state index contributed by atoms with van der Waals surface area (Å²) in [5, 5.41) is 9.73. The van der Waals surface area contributed by atoms with Gasteiger partial charge < -0.3 is 0 Å². The topological polar surface area (TPSA) is 23.8 Å². The van der Waals surface area contributed by atoms with Crippen LogP contribution in [-0.2, 0) is 0 Å².